The maximum absolute atomic E-state index is 2.46. The SMILES string of the molecule is c1ccc(C2(c3ccccc3)c3c(ccc4cc(-c5c6ccccc6c(-c6ccc7ccccc7c6)c6ccccc56)ccc34)-c3c2c2ccccc2c2ccccc32)cc1. The standard InChI is InChI=1S/C61H38/c1-3-19-44(20-4-1)61(45-21-5-2-6-22-45)59-46-35-34-43(38-41(46)33-36-55(59)58-49-25-11-9-23-47(49)48-24-10-16-30-54(48)60(58)61)57-52-28-14-12-26-50(52)56(51-27-13-15-29-53(51)57)42-32-31-39-17-7-8-18-40(39)37-42/h1-38H. The zero-order valence-electron chi connectivity index (χ0n) is 33.4. The van der Waals surface area contributed by atoms with Crippen molar-refractivity contribution < 1.29 is 0 Å². The smallest absolute Gasteiger partial charge is 0.0622 e. The molecule has 0 aliphatic heterocycles. The van der Waals surface area contributed by atoms with Gasteiger partial charge in [0.05, 0.1) is 5.41 Å². The maximum atomic E-state index is 2.46. The lowest BCUT2D eigenvalue weighted by Gasteiger charge is -2.35. The lowest BCUT2D eigenvalue weighted by molar-refractivity contribution is 0.783. The first-order chi connectivity index (χ1) is 30.3. The van der Waals surface area contributed by atoms with Crippen LogP contribution in [0, 0.1) is 0 Å². The van der Waals surface area contributed by atoms with Crippen molar-refractivity contribution in [3.8, 4) is 33.4 Å². The van der Waals surface area contributed by atoms with Gasteiger partial charge in [0.2, 0.25) is 0 Å². The van der Waals surface area contributed by atoms with Crippen LogP contribution in [0.25, 0.3) is 98.0 Å². The fourth-order valence-electron chi connectivity index (χ4n) is 11.2. The van der Waals surface area contributed by atoms with Gasteiger partial charge < -0.3 is 0 Å². The van der Waals surface area contributed by atoms with Gasteiger partial charge in [-0.2, -0.15) is 0 Å². The van der Waals surface area contributed by atoms with Crippen molar-refractivity contribution in [3.63, 3.8) is 0 Å². The first kappa shape index (κ1) is 34.1. The van der Waals surface area contributed by atoms with E-state index in [2.05, 4.69) is 231 Å². The molecule has 13 rings (SSSR count). The van der Waals surface area contributed by atoms with E-state index >= 15 is 0 Å². The summed E-state index contributed by atoms with van der Waals surface area (Å²) in [6.45, 7) is 0. The molecule has 0 fully saturated rings. The molecule has 0 amide bonds. The Morgan fingerprint density at radius 3 is 1.21 bits per heavy atom. The van der Waals surface area contributed by atoms with E-state index in [-0.39, 0.29) is 0 Å². The summed E-state index contributed by atoms with van der Waals surface area (Å²) in [7, 11) is 0. The molecule has 0 saturated heterocycles. The van der Waals surface area contributed by atoms with Crippen molar-refractivity contribution in [2.24, 2.45) is 0 Å². The molecule has 0 atom stereocenters. The van der Waals surface area contributed by atoms with Crippen molar-refractivity contribution in [3.05, 3.63) is 253 Å². The van der Waals surface area contributed by atoms with Crippen molar-refractivity contribution in [1.29, 1.82) is 0 Å². The Balaban J connectivity index is 1.13. The highest BCUT2D eigenvalue weighted by atomic mass is 14.5. The van der Waals surface area contributed by atoms with Gasteiger partial charge in [-0.3, -0.25) is 0 Å². The number of fused-ring (bicyclic) bond motifs is 13. The first-order valence-corrected chi connectivity index (χ1v) is 21.3. The van der Waals surface area contributed by atoms with Crippen LogP contribution in [0.1, 0.15) is 22.3 Å². The molecule has 61 heavy (non-hydrogen) atoms. The molecular weight excluding hydrogens is 733 g/mol. The Kier molecular flexibility index (Phi) is 7.32. The molecule has 12 aromatic rings. The monoisotopic (exact) mass is 770 g/mol. The van der Waals surface area contributed by atoms with Gasteiger partial charge in [0.15, 0.2) is 0 Å². The summed E-state index contributed by atoms with van der Waals surface area (Å²) in [4.78, 5) is 0. The minimum Gasteiger partial charge on any atom is -0.0622 e. The molecule has 0 N–H and O–H groups in total. The molecule has 282 valence electrons. The van der Waals surface area contributed by atoms with Crippen molar-refractivity contribution in [2.75, 3.05) is 0 Å². The largest absolute Gasteiger partial charge is 0.0725 e. The average molecular weight is 771 g/mol. The fourth-order valence-corrected chi connectivity index (χ4v) is 11.2. The second-order valence-electron chi connectivity index (χ2n) is 16.7. The average Bonchev–Trinajstić information content (AvgIpc) is 3.66. The minimum atomic E-state index is -0.571. The van der Waals surface area contributed by atoms with Crippen molar-refractivity contribution in [2.45, 2.75) is 5.41 Å². The predicted molar refractivity (Wildman–Crippen MR) is 260 cm³/mol. The minimum absolute atomic E-state index is 0.571. The topological polar surface area (TPSA) is 0 Å². The van der Waals surface area contributed by atoms with Gasteiger partial charge in [0, 0.05) is 0 Å². The highest BCUT2D eigenvalue weighted by Gasteiger charge is 2.49. The van der Waals surface area contributed by atoms with Crippen LogP contribution in [0.15, 0.2) is 231 Å². The molecule has 0 unspecified atom stereocenters. The van der Waals surface area contributed by atoms with Crippen molar-refractivity contribution >= 4 is 64.6 Å². The third kappa shape index (κ3) is 4.76. The van der Waals surface area contributed by atoms with E-state index in [0.29, 0.717) is 0 Å². The zero-order valence-corrected chi connectivity index (χ0v) is 33.4. The lowest BCUT2D eigenvalue weighted by atomic mass is 9.65. The number of benzene rings is 12. The van der Waals surface area contributed by atoms with Gasteiger partial charge in [-0.25, -0.2) is 0 Å². The van der Waals surface area contributed by atoms with Gasteiger partial charge in [0.25, 0.3) is 0 Å². The Labute approximate surface area is 354 Å². The second-order valence-corrected chi connectivity index (χ2v) is 16.7. The second kappa shape index (κ2) is 13.1. The van der Waals surface area contributed by atoms with E-state index in [0.717, 1.165) is 0 Å². The molecule has 0 heterocycles. The van der Waals surface area contributed by atoms with Crippen LogP contribution in [0.4, 0.5) is 0 Å². The third-order valence-electron chi connectivity index (χ3n) is 13.6. The van der Waals surface area contributed by atoms with E-state index in [1.165, 1.54) is 120 Å². The molecule has 1 aliphatic rings. The molecule has 0 saturated carbocycles. The third-order valence-corrected chi connectivity index (χ3v) is 13.6. The summed E-state index contributed by atoms with van der Waals surface area (Å²) in [5, 5.41) is 15.3. The first-order valence-electron chi connectivity index (χ1n) is 21.3. The van der Waals surface area contributed by atoms with Gasteiger partial charge in [0.1, 0.15) is 0 Å². The van der Waals surface area contributed by atoms with Crippen LogP contribution >= 0.6 is 0 Å². The summed E-state index contributed by atoms with van der Waals surface area (Å²) in [5.41, 5.74) is 12.4. The number of hydrogen-bond acceptors (Lipinski definition) is 0. The van der Waals surface area contributed by atoms with Gasteiger partial charge in [-0.15, -0.1) is 0 Å². The van der Waals surface area contributed by atoms with Gasteiger partial charge >= 0.3 is 0 Å². The Morgan fingerprint density at radius 2 is 0.639 bits per heavy atom. The maximum Gasteiger partial charge on any atom is 0.0725 e. The van der Waals surface area contributed by atoms with Gasteiger partial charge in [-0.1, -0.05) is 218 Å². The summed E-state index contributed by atoms with van der Waals surface area (Å²) < 4.78 is 0. The molecule has 0 radical (unpaired) electrons. The van der Waals surface area contributed by atoms with E-state index in [1.54, 1.807) is 0 Å². The Bertz CT molecular complexity index is 3650. The van der Waals surface area contributed by atoms with E-state index in [1.807, 2.05) is 0 Å². The highest BCUT2D eigenvalue weighted by Crippen LogP contribution is 2.62. The van der Waals surface area contributed by atoms with Crippen LogP contribution in [-0.4, -0.2) is 0 Å². The summed E-state index contributed by atoms with van der Waals surface area (Å²) in [5.74, 6) is 0. The van der Waals surface area contributed by atoms with Gasteiger partial charge in [-0.05, 0) is 132 Å². The normalized spacial score (nSPS) is 13.0. The van der Waals surface area contributed by atoms with Crippen LogP contribution in [-0.2, 0) is 5.41 Å². The van der Waals surface area contributed by atoms with Crippen LogP contribution in [0.2, 0.25) is 0 Å². The molecule has 0 aromatic heterocycles. The fraction of sp³-hybridized carbons (Fsp3) is 0.0164. The number of rotatable bonds is 4. The van der Waals surface area contributed by atoms with Crippen molar-refractivity contribution in [1.82, 2.24) is 0 Å². The summed E-state index contributed by atoms with van der Waals surface area (Å²) >= 11 is 0. The Morgan fingerprint density at radius 1 is 0.230 bits per heavy atom. The zero-order chi connectivity index (χ0) is 40.1. The quantitative estimate of drug-likeness (QED) is 0.123. The highest BCUT2D eigenvalue weighted by molar-refractivity contribution is 6.23. The van der Waals surface area contributed by atoms with Crippen LogP contribution in [0.3, 0.4) is 0 Å². The Hall–Kier alpha value is -7.80. The molecular formula is C61H38. The van der Waals surface area contributed by atoms with E-state index in [4.69, 9.17) is 0 Å². The summed E-state index contributed by atoms with van der Waals surface area (Å²) in [6, 6.07) is 86.3. The molecule has 1 aliphatic carbocycles. The molecule has 0 nitrogen and oxygen atoms in total. The lowest BCUT2D eigenvalue weighted by Crippen LogP contribution is -2.29. The molecule has 12 aromatic carbocycles. The number of hydrogen-bond donors (Lipinski definition) is 0. The van der Waals surface area contributed by atoms with Crippen LogP contribution < -0.4 is 0 Å². The molecule has 0 bridgehead atoms. The molecule has 0 spiro atoms. The summed E-state index contributed by atoms with van der Waals surface area (Å²) in [6.07, 6.45) is 0. The van der Waals surface area contributed by atoms with E-state index < -0.39 is 5.41 Å². The predicted octanol–water partition coefficient (Wildman–Crippen LogP) is 16.3. The van der Waals surface area contributed by atoms with Crippen LogP contribution in [0.5, 0.6) is 0 Å². The molecule has 0 heteroatoms. The van der Waals surface area contributed by atoms with E-state index in [9.17, 15) is 0 Å².